The van der Waals surface area contributed by atoms with Gasteiger partial charge in [0.25, 0.3) is 0 Å². The Morgan fingerprint density at radius 1 is 1.79 bits per heavy atom. The van der Waals surface area contributed by atoms with Gasteiger partial charge in [-0.2, -0.15) is 4.37 Å². The molecule has 0 fully saturated rings. The molecule has 0 spiro atoms. The number of nitrogens with one attached hydrogen (secondary N) is 1. The van der Waals surface area contributed by atoms with Crippen molar-refractivity contribution >= 4 is 11.5 Å². The van der Waals surface area contributed by atoms with E-state index in [0.29, 0.717) is 11.9 Å². The molecule has 0 aliphatic carbocycles. The summed E-state index contributed by atoms with van der Waals surface area (Å²) in [4.78, 5) is 1.18. The van der Waals surface area contributed by atoms with Crippen LogP contribution in [0.3, 0.4) is 0 Å². The molecule has 1 rings (SSSR count). The molecule has 0 aromatic carbocycles. The first kappa shape index (κ1) is 11.2. The van der Waals surface area contributed by atoms with Gasteiger partial charge in [0.05, 0.1) is 7.11 Å². The Hall–Kier alpha value is -0.870. The van der Waals surface area contributed by atoms with Crippen LogP contribution in [-0.2, 0) is 0 Å². The van der Waals surface area contributed by atoms with Crippen LogP contribution in [0.2, 0.25) is 0 Å². The van der Waals surface area contributed by atoms with E-state index in [-0.39, 0.29) is 0 Å². The molecule has 0 aliphatic heterocycles. The number of hydrogen-bond acceptors (Lipinski definition) is 4. The largest absolute Gasteiger partial charge is 0.480 e. The van der Waals surface area contributed by atoms with Crippen molar-refractivity contribution in [1.82, 2.24) is 9.69 Å². The molecule has 3 nitrogen and oxygen atoms in total. The second-order valence-electron chi connectivity index (χ2n) is 3.33. The van der Waals surface area contributed by atoms with E-state index in [1.807, 2.05) is 13.0 Å². The molecular weight excluding hydrogens is 196 g/mol. The minimum Gasteiger partial charge on any atom is -0.480 e. The van der Waals surface area contributed by atoms with Crippen molar-refractivity contribution in [2.75, 3.05) is 13.7 Å². The molecule has 1 atom stereocenters. The zero-order chi connectivity index (χ0) is 10.6. The second-order valence-corrected chi connectivity index (χ2v) is 4.17. The molecule has 78 valence electrons. The molecule has 0 aliphatic rings. The molecule has 0 bridgehead atoms. The summed E-state index contributed by atoms with van der Waals surface area (Å²) in [5.74, 6) is 0.689. The van der Waals surface area contributed by atoms with Crippen LogP contribution in [-0.4, -0.2) is 18.0 Å². The smallest absolute Gasteiger partial charge is 0.225 e. The number of methoxy groups -OCH3 is 1. The van der Waals surface area contributed by atoms with Gasteiger partial charge in [-0.1, -0.05) is 12.2 Å². The van der Waals surface area contributed by atoms with E-state index >= 15 is 0 Å². The van der Waals surface area contributed by atoms with Gasteiger partial charge >= 0.3 is 0 Å². The summed E-state index contributed by atoms with van der Waals surface area (Å²) in [6.07, 6.45) is 0. The lowest BCUT2D eigenvalue weighted by Gasteiger charge is -2.10. The van der Waals surface area contributed by atoms with Crippen LogP contribution in [0.5, 0.6) is 5.88 Å². The fourth-order valence-corrected chi connectivity index (χ4v) is 1.72. The number of aromatic nitrogens is 1. The van der Waals surface area contributed by atoms with Gasteiger partial charge in [-0.3, -0.25) is 0 Å². The normalized spacial score (nSPS) is 12.5. The van der Waals surface area contributed by atoms with Crippen molar-refractivity contribution in [2.45, 2.75) is 19.9 Å². The van der Waals surface area contributed by atoms with Crippen LogP contribution >= 0.6 is 11.5 Å². The van der Waals surface area contributed by atoms with Gasteiger partial charge in [-0.25, -0.2) is 0 Å². The summed E-state index contributed by atoms with van der Waals surface area (Å²) in [7, 11) is 1.63. The summed E-state index contributed by atoms with van der Waals surface area (Å²) in [6.45, 7) is 8.79. The van der Waals surface area contributed by atoms with E-state index in [1.165, 1.54) is 16.4 Å². The van der Waals surface area contributed by atoms with Crippen LogP contribution in [0, 0.1) is 0 Å². The van der Waals surface area contributed by atoms with Gasteiger partial charge < -0.3 is 10.1 Å². The van der Waals surface area contributed by atoms with Gasteiger partial charge in [0.15, 0.2) is 0 Å². The van der Waals surface area contributed by atoms with Gasteiger partial charge in [-0.05, 0) is 25.4 Å². The average molecular weight is 212 g/mol. The predicted molar refractivity (Wildman–Crippen MR) is 59.9 cm³/mol. The highest BCUT2D eigenvalue weighted by Crippen LogP contribution is 2.22. The fourth-order valence-electron chi connectivity index (χ4n) is 1.00. The van der Waals surface area contributed by atoms with Gasteiger partial charge in [0.2, 0.25) is 5.88 Å². The molecule has 1 unspecified atom stereocenters. The van der Waals surface area contributed by atoms with Crippen molar-refractivity contribution in [3.8, 4) is 5.88 Å². The number of nitrogens with zero attached hydrogens (tertiary/aromatic N) is 1. The Kier molecular flexibility index (Phi) is 4.10. The van der Waals surface area contributed by atoms with Crippen LogP contribution in [0.25, 0.3) is 0 Å². The van der Waals surface area contributed by atoms with Crippen molar-refractivity contribution in [2.24, 2.45) is 0 Å². The van der Waals surface area contributed by atoms with Gasteiger partial charge in [0.1, 0.15) is 0 Å². The summed E-state index contributed by atoms with van der Waals surface area (Å²) >= 11 is 1.47. The Morgan fingerprint density at radius 3 is 3.00 bits per heavy atom. The van der Waals surface area contributed by atoms with E-state index < -0.39 is 0 Å². The van der Waals surface area contributed by atoms with E-state index in [9.17, 15) is 0 Å². The fraction of sp³-hybridized carbons (Fsp3) is 0.500. The molecule has 0 radical (unpaired) electrons. The minimum atomic E-state index is 0.299. The topological polar surface area (TPSA) is 34.1 Å². The van der Waals surface area contributed by atoms with E-state index in [4.69, 9.17) is 4.74 Å². The Balaban J connectivity index is 2.51. The molecule has 0 amide bonds. The quantitative estimate of drug-likeness (QED) is 0.761. The van der Waals surface area contributed by atoms with E-state index in [0.717, 1.165) is 12.1 Å². The van der Waals surface area contributed by atoms with E-state index in [1.54, 1.807) is 7.11 Å². The predicted octanol–water partition coefficient (Wildman–Crippen LogP) is 2.38. The second kappa shape index (κ2) is 5.12. The molecule has 1 N–H and O–H groups in total. The highest BCUT2D eigenvalue weighted by molar-refractivity contribution is 7.06. The summed E-state index contributed by atoms with van der Waals surface area (Å²) in [6, 6.07) is 2.26. The Morgan fingerprint density at radius 2 is 2.50 bits per heavy atom. The van der Waals surface area contributed by atoms with Crippen molar-refractivity contribution < 1.29 is 4.74 Å². The lowest BCUT2D eigenvalue weighted by molar-refractivity contribution is 0.402. The van der Waals surface area contributed by atoms with Crippen molar-refractivity contribution in [1.29, 1.82) is 0 Å². The van der Waals surface area contributed by atoms with Crippen LogP contribution in [0.1, 0.15) is 24.8 Å². The maximum Gasteiger partial charge on any atom is 0.225 e. The number of hydrogen-bond donors (Lipinski definition) is 1. The first-order valence-electron chi connectivity index (χ1n) is 4.52. The zero-order valence-electron chi connectivity index (χ0n) is 8.83. The third-order valence-corrected chi connectivity index (χ3v) is 2.81. The first-order valence-corrected chi connectivity index (χ1v) is 5.29. The van der Waals surface area contributed by atoms with Gasteiger partial charge in [0, 0.05) is 23.5 Å². The monoisotopic (exact) mass is 212 g/mol. The molecule has 0 saturated heterocycles. The molecule has 0 saturated carbocycles. The van der Waals surface area contributed by atoms with Crippen LogP contribution in [0.4, 0.5) is 0 Å². The molecule has 1 aromatic rings. The summed E-state index contributed by atoms with van der Waals surface area (Å²) < 4.78 is 9.16. The molecule has 14 heavy (non-hydrogen) atoms. The van der Waals surface area contributed by atoms with E-state index in [2.05, 4.69) is 23.2 Å². The Bertz CT molecular complexity index is 309. The van der Waals surface area contributed by atoms with Gasteiger partial charge in [-0.15, -0.1) is 0 Å². The number of ether oxygens (including phenoxy) is 1. The highest BCUT2D eigenvalue weighted by atomic mass is 32.1. The first-order chi connectivity index (χ1) is 6.63. The van der Waals surface area contributed by atoms with Crippen LogP contribution in [0.15, 0.2) is 18.2 Å². The molecule has 1 heterocycles. The standard InChI is InChI=1S/C10H16N2OS/c1-7(2)6-11-8(3)9-5-10(13-4)12-14-9/h5,8,11H,1,6H2,2-4H3. The lowest BCUT2D eigenvalue weighted by atomic mass is 10.2. The minimum absolute atomic E-state index is 0.299. The van der Waals surface area contributed by atoms with Crippen LogP contribution < -0.4 is 10.1 Å². The molecule has 1 aromatic heterocycles. The summed E-state index contributed by atoms with van der Waals surface area (Å²) in [5.41, 5.74) is 1.13. The Labute approximate surface area is 89.0 Å². The zero-order valence-corrected chi connectivity index (χ0v) is 9.65. The van der Waals surface area contributed by atoms with Crippen molar-refractivity contribution in [3.05, 3.63) is 23.1 Å². The highest BCUT2D eigenvalue weighted by Gasteiger charge is 2.09. The third-order valence-electron chi connectivity index (χ3n) is 1.85. The lowest BCUT2D eigenvalue weighted by Crippen LogP contribution is -2.19. The maximum absolute atomic E-state index is 5.02. The SMILES string of the molecule is C=C(C)CNC(C)c1cc(OC)ns1. The average Bonchev–Trinajstić information content (AvgIpc) is 2.62. The summed E-state index contributed by atoms with van der Waals surface area (Å²) in [5, 5.41) is 3.35. The molecule has 4 heteroatoms. The molecular formula is C10H16N2OS. The third kappa shape index (κ3) is 3.12. The maximum atomic E-state index is 5.02. The number of rotatable bonds is 5. The van der Waals surface area contributed by atoms with Crippen molar-refractivity contribution in [3.63, 3.8) is 0 Å².